The molecule has 8 heteroatoms. The zero-order valence-electron chi connectivity index (χ0n) is 17.0. The molecule has 2 aromatic rings. The van der Waals surface area contributed by atoms with Crippen molar-refractivity contribution in [2.24, 2.45) is 0 Å². The average Bonchev–Trinajstić information content (AvgIpc) is 2.65. The third kappa shape index (κ3) is 7.18. The molecule has 1 aliphatic rings. The Balaban J connectivity index is 0.00000210. The molecule has 0 radical (unpaired) electrons. The molecule has 0 unspecified atom stereocenters. The topological polar surface area (TPSA) is 40.2 Å². The molecule has 0 atom stereocenters. The van der Waals surface area contributed by atoms with Crippen molar-refractivity contribution >= 4 is 47.9 Å². The summed E-state index contributed by atoms with van der Waals surface area (Å²) in [4.78, 5) is 6.65. The SMILES string of the molecule is Cc1cnc(N[C@H]2CC[C@@H](NCc3ccc(F)c(Cl)c3)CC2)cc1N(C)C.Cl.Cl. The van der Waals surface area contributed by atoms with E-state index < -0.39 is 0 Å². The zero-order chi connectivity index (χ0) is 19.4. The second-order valence-corrected chi connectivity index (χ2v) is 7.98. The first kappa shape index (κ1) is 25.8. The summed E-state index contributed by atoms with van der Waals surface area (Å²) in [7, 11) is 4.11. The average molecular weight is 464 g/mol. The standard InChI is InChI=1S/C21H28ClFN4.2ClH/c1-14-12-25-21(11-20(14)27(2)3)26-17-7-5-16(6-8-17)24-13-15-4-9-19(23)18(22)10-15;;/h4,9-12,16-17,24H,5-8,13H2,1-3H3,(H,25,26);2*1H/t16-,17+;;. The van der Waals surface area contributed by atoms with Crippen LogP contribution in [-0.2, 0) is 6.54 Å². The minimum absolute atomic E-state index is 0. The fourth-order valence-corrected chi connectivity index (χ4v) is 3.84. The lowest BCUT2D eigenvalue weighted by atomic mass is 9.91. The number of halogens is 4. The van der Waals surface area contributed by atoms with Crippen molar-refractivity contribution in [3.63, 3.8) is 0 Å². The van der Waals surface area contributed by atoms with E-state index in [9.17, 15) is 4.39 Å². The van der Waals surface area contributed by atoms with Gasteiger partial charge in [-0.15, -0.1) is 24.8 Å². The van der Waals surface area contributed by atoms with Gasteiger partial charge in [-0.1, -0.05) is 17.7 Å². The molecule has 1 saturated carbocycles. The molecule has 1 heterocycles. The van der Waals surface area contributed by atoms with Crippen LogP contribution < -0.4 is 15.5 Å². The molecular weight excluding hydrogens is 434 g/mol. The molecule has 1 aliphatic carbocycles. The van der Waals surface area contributed by atoms with Gasteiger partial charge in [0.25, 0.3) is 0 Å². The van der Waals surface area contributed by atoms with Crippen LogP contribution in [0, 0.1) is 12.7 Å². The maximum atomic E-state index is 13.2. The molecule has 1 fully saturated rings. The predicted molar refractivity (Wildman–Crippen MR) is 126 cm³/mol. The number of aryl methyl sites for hydroxylation is 1. The van der Waals surface area contributed by atoms with Gasteiger partial charge in [0, 0.05) is 50.7 Å². The van der Waals surface area contributed by atoms with E-state index in [1.54, 1.807) is 12.1 Å². The number of aromatic nitrogens is 1. The first-order valence-corrected chi connectivity index (χ1v) is 9.88. The van der Waals surface area contributed by atoms with E-state index in [1.807, 2.05) is 6.20 Å². The molecule has 0 bridgehead atoms. The number of pyridine rings is 1. The first-order chi connectivity index (χ1) is 12.9. The number of rotatable bonds is 6. The van der Waals surface area contributed by atoms with Crippen LogP contribution in [0.5, 0.6) is 0 Å². The summed E-state index contributed by atoms with van der Waals surface area (Å²) in [5.74, 6) is 0.579. The molecule has 162 valence electrons. The number of nitrogens with one attached hydrogen (secondary N) is 2. The summed E-state index contributed by atoms with van der Waals surface area (Å²) in [5.41, 5.74) is 3.39. The second-order valence-electron chi connectivity index (χ2n) is 7.57. The highest BCUT2D eigenvalue weighted by Gasteiger charge is 2.21. The summed E-state index contributed by atoms with van der Waals surface area (Å²) in [6.07, 6.45) is 6.36. The van der Waals surface area contributed by atoms with Crippen molar-refractivity contribution in [1.82, 2.24) is 10.3 Å². The van der Waals surface area contributed by atoms with E-state index >= 15 is 0 Å². The van der Waals surface area contributed by atoms with Gasteiger partial charge in [-0.05, 0) is 55.9 Å². The Labute approximate surface area is 190 Å². The third-order valence-electron chi connectivity index (χ3n) is 5.21. The van der Waals surface area contributed by atoms with Gasteiger partial charge in [0.2, 0.25) is 0 Å². The summed E-state index contributed by atoms with van der Waals surface area (Å²) >= 11 is 5.85. The van der Waals surface area contributed by atoms with Gasteiger partial charge in [-0.3, -0.25) is 0 Å². The largest absolute Gasteiger partial charge is 0.377 e. The maximum Gasteiger partial charge on any atom is 0.141 e. The Hall–Kier alpha value is -1.27. The number of hydrogen-bond acceptors (Lipinski definition) is 4. The van der Waals surface area contributed by atoms with Crippen molar-refractivity contribution in [3.05, 3.63) is 52.4 Å². The zero-order valence-corrected chi connectivity index (χ0v) is 19.4. The Morgan fingerprint density at radius 3 is 2.38 bits per heavy atom. The third-order valence-corrected chi connectivity index (χ3v) is 5.50. The van der Waals surface area contributed by atoms with Crippen LogP contribution in [0.2, 0.25) is 5.02 Å². The molecule has 0 aliphatic heterocycles. The Kier molecular flexibility index (Phi) is 10.5. The lowest BCUT2D eigenvalue weighted by Gasteiger charge is -2.30. The highest BCUT2D eigenvalue weighted by atomic mass is 35.5. The number of hydrogen-bond donors (Lipinski definition) is 2. The van der Waals surface area contributed by atoms with Crippen LogP contribution in [0.4, 0.5) is 15.9 Å². The minimum atomic E-state index is -0.367. The molecule has 4 nitrogen and oxygen atoms in total. The van der Waals surface area contributed by atoms with E-state index in [1.165, 1.54) is 17.3 Å². The monoisotopic (exact) mass is 462 g/mol. The van der Waals surface area contributed by atoms with Crippen molar-refractivity contribution in [2.75, 3.05) is 24.3 Å². The smallest absolute Gasteiger partial charge is 0.141 e. The summed E-state index contributed by atoms with van der Waals surface area (Å²) in [6.45, 7) is 2.80. The van der Waals surface area contributed by atoms with Gasteiger partial charge in [0.05, 0.1) is 5.02 Å². The molecule has 1 aromatic heterocycles. The Morgan fingerprint density at radius 2 is 1.76 bits per heavy atom. The normalized spacial score (nSPS) is 18.4. The summed E-state index contributed by atoms with van der Waals surface area (Å²) in [5, 5.41) is 7.34. The second kappa shape index (κ2) is 11.8. The van der Waals surface area contributed by atoms with Crippen molar-refractivity contribution in [2.45, 2.75) is 51.2 Å². The molecule has 0 amide bonds. The fourth-order valence-electron chi connectivity index (χ4n) is 3.64. The lowest BCUT2D eigenvalue weighted by Crippen LogP contribution is -2.36. The maximum absolute atomic E-state index is 13.2. The highest BCUT2D eigenvalue weighted by molar-refractivity contribution is 6.30. The van der Waals surface area contributed by atoms with E-state index in [-0.39, 0.29) is 35.7 Å². The van der Waals surface area contributed by atoms with E-state index in [2.05, 4.69) is 47.6 Å². The van der Waals surface area contributed by atoms with Crippen molar-refractivity contribution in [1.29, 1.82) is 0 Å². The van der Waals surface area contributed by atoms with Crippen molar-refractivity contribution in [3.8, 4) is 0 Å². The molecule has 2 N–H and O–H groups in total. The van der Waals surface area contributed by atoms with E-state index in [0.29, 0.717) is 18.6 Å². The minimum Gasteiger partial charge on any atom is -0.377 e. The van der Waals surface area contributed by atoms with Gasteiger partial charge in [0.1, 0.15) is 11.6 Å². The van der Waals surface area contributed by atoms with Crippen LogP contribution in [-0.4, -0.2) is 31.2 Å². The molecule has 29 heavy (non-hydrogen) atoms. The molecule has 0 spiro atoms. The predicted octanol–water partition coefficient (Wildman–Crippen LogP) is 5.61. The van der Waals surface area contributed by atoms with Crippen LogP contribution in [0.3, 0.4) is 0 Å². The molecule has 1 aromatic carbocycles. The summed E-state index contributed by atoms with van der Waals surface area (Å²) in [6, 6.07) is 7.97. The van der Waals surface area contributed by atoms with E-state index in [4.69, 9.17) is 11.6 Å². The first-order valence-electron chi connectivity index (χ1n) is 9.50. The number of benzene rings is 1. The van der Waals surface area contributed by atoms with E-state index in [0.717, 1.165) is 37.1 Å². The van der Waals surface area contributed by atoms with Gasteiger partial charge < -0.3 is 15.5 Å². The quantitative estimate of drug-likeness (QED) is 0.584. The highest BCUT2D eigenvalue weighted by Crippen LogP contribution is 2.25. The Bertz CT molecular complexity index is 781. The Morgan fingerprint density at radius 1 is 1.10 bits per heavy atom. The van der Waals surface area contributed by atoms with Crippen molar-refractivity contribution < 1.29 is 4.39 Å². The molecule has 3 rings (SSSR count). The van der Waals surface area contributed by atoms with Gasteiger partial charge in [-0.25, -0.2) is 9.37 Å². The summed E-state index contributed by atoms with van der Waals surface area (Å²) < 4.78 is 13.2. The number of nitrogens with zero attached hydrogens (tertiary/aromatic N) is 2. The number of anilines is 2. The van der Waals surface area contributed by atoms with Gasteiger partial charge in [-0.2, -0.15) is 0 Å². The van der Waals surface area contributed by atoms with Gasteiger partial charge in [0.15, 0.2) is 0 Å². The van der Waals surface area contributed by atoms with Crippen LogP contribution in [0.25, 0.3) is 0 Å². The van der Waals surface area contributed by atoms with Crippen LogP contribution in [0.15, 0.2) is 30.5 Å². The van der Waals surface area contributed by atoms with Crippen LogP contribution in [0.1, 0.15) is 36.8 Å². The van der Waals surface area contributed by atoms with Crippen LogP contribution >= 0.6 is 36.4 Å². The molecular formula is C21H30Cl3FN4. The molecule has 0 saturated heterocycles. The fraction of sp³-hybridized carbons (Fsp3) is 0.476. The van der Waals surface area contributed by atoms with Gasteiger partial charge >= 0.3 is 0 Å². The lowest BCUT2D eigenvalue weighted by molar-refractivity contribution is 0.352.